The van der Waals surface area contributed by atoms with Crippen molar-refractivity contribution in [3.05, 3.63) is 35.4 Å². The van der Waals surface area contributed by atoms with Gasteiger partial charge < -0.3 is 9.84 Å². The fourth-order valence-corrected chi connectivity index (χ4v) is 2.13. The van der Waals surface area contributed by atoms with Crippen LogP contribution in [0.15, 0.2) is 29.8 Å². The molecule has 2 rings (SSSR count). The molecule has 16 heavy (non-hydrogen) atoms. The highest BCUT2D eigenvalue weighted by atomic mass is 16.5. The zero-order valence-corrected chi connectivity index (χ0v) is 9.65. The summed E-state index contributed by atoms with van der Waals surface area (Å²) in [6.07, 6.45) is 6.07. The Morgan fingerprint density at radius 3 is 3.00 bits per heavy atom. The summed E-state index contributed by atoms with van der Waals surface area (Å²) in [5.74, 6) is 0.861. The fourth-order valence-electron chi connectivity index (χ4n) is 2.13. The number of aliphatic hydroxyl groups is 1. The van der Waals surface area contributed by atoms with Gasteiger partial charge in [0.1, 0.15) is 5.75 Å². The summed E-state index contributed by atoms with van der Waals surface area (Å²) in [4.78, 5) is 0. The summed E-state index contributed by atoms with van der Waals surface area (Å²) in [5, 5.41) is 9.86. The molecule has 1 atom stereocenters. The number of hydrogen-bond acceptors (Lipinski definition) is 2. The van der Waals surface area contributed by atoms with E-state index in [4.69, 9.17) is 4.74 Å². The van der Waals surface area contributed by atoms with Crippen LogP contribution in [-0.2, 0) is 0 Å². The van der Waals surface area contributed by atoms with E-state index < -0.39 is 0 Å². The Balaban J connectivity index is 2.20. The Labute approximate surface area is 96.6 Å². The first kappa shape index (κ1) is 11.2. The van der Waals surface area contributed by atoms with Gasteiger partial charge in [0.15, 0.2) is 0 Å². The van der Waals surface area contributed by atoms with E-state index in [1.165, 1.54) is 6.42 Å². The molecule has 0 spiro atoms. The SMILES string of the molecule is COc1cccc(/C=C2\CCCC[C@@H]2O)c1. The van der Waals surface area contributed by atoms with Crippen LogP contribution in [0, 0.1) is 0 Å². The minimum atomic E-state index is -0.250. The van der Waals surface area contributed by atoms with Gasteiger partial charge in [0.2, 0.25) is 0 Å². The van der Waals surface area contributed by atoms with Crippen LogP contribution in [0.5, 0.6) is 5.75 Å². The van der Waals surface area contributed by atoms with Gasteiger partial charge in [-0.1, -0.05) is 24.6 Å². The zero-order chi connectivity index (χ0) is 11.4. The predicted molar refractivity (Wildman–Crippen MR) is 65.4 cm³/mol. The fraction of sp³-hybridized carbons (Fsp3) is 0.429. The van der Waals surface area contributed by atoms with E-state index in [-0.39, 0.29) is 6.10 Å². The van der Waals surface area contributed by atoms with Crippen LogP contribution in [-0.4, -0.2) is 18.3 Å². The molecule has 1 aliphatic rings. The molecule has 0 unspecified atom stereocenters. The molecule has 1 fully saturated rings. The normalized spacial score (nSPS) is 23.4. The van der Waals surface area contributed by atoms with Crippen LogP contribution < -0.4 is 4.74 Å². The van der Waals surface area contributed by atoms with E-state index >= 15 is 0 Å². The van der Waals surface area contributed by atoms with Crippen molar-refractivity contribution in [1.82, 2.24) is 0 Å². The highest BCUT2D eigenvalue weighted by Crippen LogP contribution is 2.26. The molecule has 1 saturated carbocycles. The van der Waals surface area contributed by atoms with Crippen LogP contribution >= 0.6 is 0 Å². The summed E-state index contributed by atoms with van der Waals surface area (Å²) in [5.41, 5.74) is 2.26. The summed E-state index contributed by atoms with van der Waals surface area (Å²) < 4.78 is 5.18. The minimum absolute atomic E-state index is 0.250. The van der Waals surface area contributed by atoms with Gasteiger partial charge in [-0.25, -0.2) is 0 Å². The van der Waals surface area contributed by atoms with Crippen molar-refractivity contribution < 1.29 is 9.84 Å². The number of methoxy groups -OCH3 is 1. The monoisotopic (exact) mass is 218 g/mol. The third-order valence-electron chi connectivity index (χ3n) is 3.07. The smallest absolute Gasteiger partial charge is 0.119 e. The van der Waals surface area contributed by atoms with Crippen LogP contribution in [0.25, 0.3) is 6.08 Å². The zero-order valence-electron chi connectivity index (χ0n) is 9.65. The van der Waals surface area contributed by atoms with E-state index in [9.17, 15) is 5.11 Å². The quantitative estimate of drug-likeness (QED) is 0.826. The number of ether oxygens (including phenoxy) is 1. The van der Waals surface area contributed by atoms with Gasteiger partial charge >= 0.3 is 0 Å². The number of benzene rings is 1. The van der Waals surface area contributed by atoms with Gasteiger partial charge in [0.25, 0.3) is 0 Å². The van der Waals surface area contributed by atoms with E-state index in [1.54, 1.807) is 7.11 Å². The van der Waals surface area contributed by atoms with Gasteiger partial charge in [-0.05, 0) is 42.5 Å². The van der Waals surface area contributed by atoms with Crippen molar-refractivity contribution in [3.63, 3.8) is 0 Å². The summed E-state index contributed by atoms with van der Waals surface area (Å²) >= 11 is 0. The van der Waals surface area contributed by atoms with Gasteiger partial charge in [0, 0.05) is 0 Å². The molecule has 0 aromatic heterocycles. The molecule has 1 aliphatic carbocycles. The second kappa shape index (κ2) is 5.17. The maximum atomic E-state index is 9.86. The third kappa shape index (κ3) is 2.64. The van der Waals surface area contributed by atoms with Crippen LogP contribution in [0.4, 0.5) is 0 Å². The third-order valence-corrected chi connectivity index (χ3v) is 3.07. The molecule has 0 radical (unpaired) electrons. The number of hydrogen-bond donors (Lipinski definition) is 1. The van der Waals surface area contributed by atoms with Gasteiger partial charge in [-0.2, -0.15) is 0 Å². The molecule has 0 aliphatic heterocycles. The number of rotatable bonds is 2. The Bertz CT molecular complexity index is 382. The lowest BCUT2D eigenvalue weighted by Crippen LogP contribution is -2.14. The van der Waals surface area contributed by atoms with Crippen LogP contribution in [0.2, 0.25) is 0 Å². The standard InChI is InChI=1S/C14H18O2/c1-16-13-7-4-5-11(10-13)9-12-6-2-3-8-14(12)15/h4-5,7,9-10,14-15H,2-3,6,8H2,1H3/b12-9+/t14-/m0/s1. The van der Waals surface area contributed by atoms with Crippen molar-refractivity contribution >= 4 is 6.08 Å². The molecule has 1 aromatic carbocycles. The van der Waals surface area contributed by atoms with Crippen molar-refractivity contribution in [2.75, 3.05) is 7.11 Å². The molecule has 0 saturated heterocycles. The molecule has 2 heteroatoms. The average molecular weight is 218 g/mol. The molecule has 1 aromatic rings. The van der Waals surface area contributed by atoms with Crippen molar-refractivity contribution in [2.45, 2.75) is 31.8 Å². The molecule has 1 N–H and O–H groups in total. The highest BCUT2D eigenvalue weighted by Gasteiger charge is 2.15. The Hall–Kier alpha value is -1.28. The second-order valence-electron chi connectivity index (χ2n) is 4.26. The van der Waals surface area contributed by atoms with Crippen molar-refractivity contribution in [1.29, 1.82) is 0 Å². The number of aliphatic hydroxyl groups excluding tert-OH is 1. The molecule has 0 amide bonds. The highest BCUT2D eigenvalue weighted by molar-refractivity contribution is 5.56. The average Bonchev–Trinajstić information content (AvgIpc) is 2.32. The first-order valence-electron chi connectivity index (χ1n) is 5.82. The summed E-state index contributed by atoms with van der Waals surface area (Å²) in [6, 6.07) is 7.94. The van der Waals surface area contributed by atoms with Gasteiger partial charge in [0.05, 0.1) is 13.2 Å². The van der Waals surface area contributed by atoms with Crippen molar-refractivity contribution in [3.8, 4) is 5.75 Å². The Morgan fingerprint density at radius 2 is 2.25 bits per heavy atom. The second-order valence-corrected chi connectivity index (χ2v) is 4.26. The van der Waals surface area contributed by atoms with Crippen molar-refractivity contribution in [2.24, 2.45) is 0 Å². The Kier molecular flexibility index (Phi) is 3.62. The van der Waals surface area contributed by atoms with Crippen LogP contribution in [0.3, 0.4) is 0 Å². The van der Waals surface area contributed by atoms with Gasteiger partial charge in [-0.15, -0.1) is 0 Å². The van der Waals surface area contributed by atoms with E-state index in [1.807, 2.05) is 24.3 Å². The topological polar surface area (TPSA) is 29.5 Å². The summed E-state index contributed by atoms with van der Waals surface area (Å²) in [7, 11) is 1.67. The largest absolute Gasteiger partial charge is 0.497 e. The maximum Gasteiger partial charge on any atom is 0.119 e. The lowest BCUT2D eigenvalue weighted by molar-refractivity contribution is 0.180. The molecular formula is C14H18O2. The molecule has 0 heterocycles. The first-order valence-corrected chi connectivity index (χ1v) is 5.82. The lowest BCUT2D eigenvalue weighted by Gasteiger charge is -2.20. The molecule has 86 valence electrons. The minimum Gasteiger partial charge on any atom is -0.497 e. The Morgan fingerprint density at radius 1 is 1.38 bits per heavy atom. The van der Waals surface area contributed by atoms with E-state index in [2.05, 4.69) is 6.08 Å². The van der Waals surface area contributed by atoms with Crippen LogP contribution in [0.1, 0.15) is 31.2 Å². The molecule has 2 nitrogen and oxygen atoms in total. The van der Waals surface area contributed by atoms with E-state index in [0.29, 0.717) is 0 Å². The summed E-state index contributed by atoms with van der Waals surface area (Å²) in [6.45, 7) is 0. The van der Waals surface area contributed by atoms with E-state index in [0.717, 1.165) is 36.1 Å². The first-order chi connectivity index (χ1) is 7.79. The maximum absolute atomic E-state index is 9.86. The predicted octanol–water partition coefficient (Wildman–Crippen LogP) is 3.01. The van der Waals surface area contributed by atoms with Gasteiger partial charge in [-0.3, -0.25) is 0 Å². The molecular weight excluding hydrogens is 200 g/mol. The molecule has 0 bridgehead atoms. The lowest BCUT2D eigenvalue weighted by atomic mass is 9.91.